The smallest absolute Gasteiger partial charge is 0.248 e. The van der Waals surface area contributed by atoms with E-state index < -0.39 is 11.8 Å². The fourth-order valence-corrected chi connectivity index (χ4v) is 2.24. The summed E-state index contributed by atoms with van der Waals surface area (Å²) in [5, 5.41) is 11.4. The summed E-state index contributed by atoms with van der Waals surface area (Å²) in [7, 11) is 0. The van der Waals surface area contributed by atoms with Crippen molar-refractivity contribution in [3.05, 3.63) is 0 Å². The van der Waals surface area contributed by atoms with Gasteiger partial charge in [0.1, 0.15) is 0 Å². The lowest BCUT2D eigenvalue weighted by atomic mass is 9.85. The van der Waals surface area contributed by atoms with Crippen LogP contribution in [0, 0.1) is 5.92 Å². The van der Waals surface area contributed by atoms with Crippen molar-refractivity contribution in [2.24, 2.45) is 16.8 Å². The van der Waals surface area contributed by atoms with Gasteiger partial charge in [-0.15, -0.1) is 0 Å². The molecular formula is C12H21F2N3O2. The second-order valence-electron chi connectivity index (χ2n) is 5.28. The van der Waals surface area contributed by atoms with Crippen LogP contribution in [-0.4, -0.2) is 40.4 Å². The van der Waals surface area contributed by atoms with Gasteiger partial charge < -0.3 is 15.8 Å². The molecule has 1 fully saturated rings. The molecule has 19 heavy (non-hydrogen) atoms. The fourth-order valence-electron chi connectivity index (χ4n) is 2.24. The first kappa shape index (κ1) is 15.7. The molecule has 3 N–H and O–H groups in total. The minimum absolute atomic E-state index is 0.0138. The van der Waals surface area contributed by atoms with Gasteiger partial charge in [0, 0.05) is 24.8 Å². The largest absolute Gasteiger partial charge is 0.409 e. The maximum Gasteiger partial charge on any atom is 0.248 e. The van der Waals surface area contributed by atoms with E-state index in [1.807, 2.05) is 0 Å². The lowest BCUT2D eigenvalue weighted by Crippen LogP contribution is -2.46. The van der Waals surface area contributed by atoms with Crippen LogP contribution in [0.15, 0.2) is 5.16 Å². The number of rotatable bonds is 4. The van der Waals surface area contributed by atoms with Gasteiger partial charge >= 0.3 is 0 Å². The van der Waals surface area contributed by atoms with Crippen molar-refractivity contribution < 1.29 is 18.8 Å². The predicted octanol–water partition coefficient (Wildman–Crippen LogP) is 1.80. The van der Waals surface area contributed by atoms with Gasteiger partial charge in [-0.3, -0.25) is 4.79 Å². The summed E-state index contributed by atoms with van der Waals surface area (Å²) >= 11 is 0. The van der Waals surface area contributed by atoms with E-state index in [-0.39, 0.29) is 50.0 Å². The molecule has 1 amide bonds. The maximum atomic E-state index is 13.1. The lowest BCUT2D eigenvalue weighted by molar-refractivity contribution is -0.140. The van der Waals surface area contributed by atoms with Crippen LogP contribution in [-0.2, 0) is 4.79 Å². The molecule has 0 radical (unpaired) electrons. The molecule has 0 aromatic heterocycles. The molecule has 0 heterocycles. The highest BCUT2D eigenvalue weighted by Crippen LogP contribution is 2.36. The van der Waals surface area contributed by atoms with E-state index in [9.17, 15) is 13.6 Å². The first-order chi connectivity index (χ1) is 8.76. The Labute approximate surface area is 111 Å². The van der Waals surface area contributed by atoms with E-state index >= 15 is 0 Å². The molecule has 0 spiro atoms. The second kappa shape index (κ2) is 6.16. The van der Waals surface area contributed by atoms with Crippen LogP contribution in [0.3, 0.4) is 0 Å². The third-order valence-corrected chi connectivity index (χ3v) is 3.43. The van der Waals surface area contributed by atoms with E-state index in [4.69, 9.17) is 10.9 Å². The van der Waals surface area contributed by atoms with Gasteiger partial charge in [0.25, 0.3) is 0 Å². The van der Waals surface area contributed by atoms with Crippen molar-refractivity contribution in [1.29, 1.82) is 0 Å². The van der Waals surface area contributed by atoms with E-state index in [0.717, 1.165) is 0 Å². The zero-order valence-corrected chi connectivity index (χ0v) is 11.3. The summed E-state index contributed by atoms with van der Waals surface area (Å²) in [6.45, 7) is 3.62. The van der Waals surface area contributed by atoms with Crippen LogP contribution < -0.4 is 5.73 Å². The summed E-state index contributed by atoms with van der Waals surface area (Å²) in [6, 6.07) is -0.129. The summed E-state index contributed by atoms with van der Waals surface area (Å²) in [4.78, 5) is 13.8. The van der Waals surface area contributed by atoms with Gasteiger partial charge in [-0.05, 0) is 26.7 Å². The molecule has 1 aliphatic rings. The summed E-state index contributed by atoms with van der Waals surface area (Å²) in [6.07, 6.45) is -0.131. The Morgan fingerprint density at radius 2 is 2.00 bits per heavy atom. The first-order valence-corrected chi connectivity index (χ1v) is 6.41. The van der Waals surface area contributed by atoms with Crippen LogP contribution in [0.25, 0.3) is 0 Å². The number of hydrogen-bond acceptors (Lipinski definition) is 3. The second-order valence-corrected chi connectivity index (χ2v) is 5.28. The molecule has 1 rings (SSSR count). The van der Waals surface area contributed by atoms with Gasteiger partial charge in [-0.1, -0.05) is 5.16 Å². The number of amides is 1. The monoisotopic (exact) mass is 277 g/mol. The molecule has 0 aromatic carbocycles. The fraction of sp³-hybridized carbons (Fsp3) is 0.833. The SMILES string of the molecule is CC(C)N(CC(N)=NO)C(=O)C1CCC(F)(F)CC1. The van der Waals surface area contributed by atoms with E-state index in [1.165, 1.54) is 4.90 Å². The van der Waals surface area contributed by atoms with Gasteiger partial charge in [0.05, 0.1) is 6.54 Å². The number of hydrogen-bond donors (Lipinski definition) is 2. The van der Waals surface area contributed by atoms with Crippen LogP contribution >= 0.6 is 0 Å². The van der Waals surface area contributed by atoms with Crippen molar-refractivity contribution in [2.45, 2.75) is 51.5 Å². The third kappa shape index (κ3) is 4.33. The van der Waals surface area contributed by atoms with E-state index in [0.29, 0.717) is 0 Å². The summed E-state index contributed by atoms with van der Waals surface area (Å²) in [5.74, 6) is -3.31. The highest BCUT2D eigenvalue weighted by Gasteiger charge is 2.39. The van der Waals surface area contributed by atoms with Crippen molar-refractivity contribution in [2.75, 3.05) is 6.54 Å². The number of halogens is 2. The van der Waals surface area contributed by atoms with Gasteiger partial charge in [-0.25, -0.2) is 8.78 Å². The van der Waals surface area contributed by atoms with Crippen LogP contribution in [0.5, 0.6) is 0 Å². The average Bonchev–Trinajstić information content (AvgIpc) is 2.34. The lowest BCUT2D eigenvalue weighted by Gasteiger charge is -2.33. The highest BCUT2D eigenvalue weighted by molar-refractivity contribution is 5.88. The third-order valence-electron chi connectivity index (χ3n) is 3.43. The Morgan fingerprint density at radius 1 is 1.47 bits per heavy atom. The van der Waals surface area contributed by atoms with Crippen molar-refractivity contribution in [3.8, 4) is 0 Å². The quantitative estimate of drug-likeness (QED) is 0.356. The number of carbonyl (C=O) groups is 1. The molecule has 0 unspecified atom stereocenters. The molecule has 0 saturated heterocycles. The zero-order chi connectivity index (χ0) is 14.6. The number of carbonyl (C=O) groups excluding carboxylic acids is 1. The Balaban J connectivity index is 2.68. The molecule has 0 aromatic rings. The number of nitrogens with zero attached hydrogens (tertiary/aromatic N) is 2. The minimum Gasteiger partial charge on any atom is -0.409 e. The zero-order valence-electron chi connectivity index (χ0n) is 11.3. The molecule has 0 atom stereocenters. The summed E-state index contributed by atoms with van der Waals surface area (Å²) in [5.41, 5.74) is 5.41. The Morgan fingerprint density at radius 3 is 2.42 bits per heavy atom. The van der Waals surface area contributed by atoms with Crippen LogP contribution in [0.4, 0.5) is 8.78 Å². The Bertz CT molecular complexity index is 349. The average molecular weight is 277 g/mol. The normalized spacial score (nSPS) is 20.6. The number of alkyl halides is 2. The molecule has 5 nitrogen and oxygen atoms in total. The molecule has 0 aliphatic heterocycles. The highest BCUT2D eigenvalue weighted by atomic mass is 19.3. The minimum atomic E-state index is -2.65. The van der Waals surface area contributed by atoms with Crippen molar-refractivity contribution in [1.82, 2.24) is 4.90 Å². The number of amidine groups is 1. The van der Waals surface area contributed by atoms with Crippen LogP contribution in [0.2, 0.25) is 0 Å². The topological polar surface area (TPSA) is 78.9 Å². The number of oxime groups is 1. The Hall–Kier alpha value is -1.40. The van der Waals surface area contributed by atoms with Gasteiger partial charge in [-0.2, -0.15) is 0 Å². The van der Waals surface area contributed by atoms with Gasteiger partial charge in [0.15, 0.2) is 5.84 Å². The first-order valence-electron chi connectivity index (χ1n) is 6.41. The van der Waals surface area contributed by atoms with E-state index in [2.05, 4.69) is 5.16 Å². The standard InChI is InChI=1S/C12H21F2N3O2/c1-8(2)17(7-10(15)16-19)11(18)9-3-5-12(13,14)6-4-9/h8-9,19H,3-7H2,1-2H3,(H2,15,16). The Kier molecular flexibility index (Phi) is 5.08. The van der Waals surface area contributed by atoms with Crippen LogP contribution in [0.1, 0.15) is 39.5 Å². The molecule has 110 valence electrons. The molecule has 1 aliphatic carbocycles. The summed E-state index contributed by atoms with van der Waals surface area (Å²) < 4.78 is 26.1. The molecular weight excluding hydrogens is 256 g/mol. The molecule has 1 saturated carbocycles. The van der Waals surface area contributed by atoms with E-state index in [1.54, 1.807) is 13.8 Å². The molecule has 0 bridgehead atoms. The van der Waals surface area contributed by atoms with Crippen molar-refractivity contribution in [3.63, 3.8) is 0 Å². The maximum absolute atomic E-state index is 13.1. The predicted molar refractivity (Wildman–Crippen MR) is 67.2 cm³/mol. The number of nitrogens with two attached hydrogens (primary N) is 1. The van der Waals surface area contributed by atoms with Gasteiger partial charge in [0.2, 0.25) is 11.8 Å². The van der Waals surface area contributed by atoms with Crippen molar-refractivity contribution >= 4 is 11.7 Å². The molecule has 7 heteroatoms.